The molecule has 1 aliphatic carbocycles. The molecular formula is C34H34N4O6. The number of para-hydroxylation sites is 1. The normalized spacial score (nSPS) is 13.9. The third kappa shape index (κ3) is 5.62. The molecule has 1 aliphatic heterocycles. The molecule has 0 saturated carbocycles. The van der Waals surface area contributed by atoms with Crippen LogP contribution in [-0.2, 0) is 29.0 Å². The molecule has 0 saturated heterocycles. The molecule has 3 aromatic carbocycles. The number of benzene rings is 3. The van der Waals surface area contributed by atoms with Crippen LogP contribution in [0.25, 0.3) is 16.8 Å². The molecule has 44 heavy (non-hydrogen) atoms. The van der Waals surface area contributed by atoms with Gasteiger partial charge in [-0.1, -0.05) is 66.7 Å². The molecule has 2 heterocycles. The van der Waals surface area contributed by atoms with Crippen LogP contribution in [0.4, 0.5) is 9.59 Å². The van der Waals surface area contributed by atoms with Crippen LogP contribution in [-0.4, -0.2) is 56.7 Å². The van der Waals surface area contributed by atoms with Gasteiger partial charge in [-0.2, -0.15) is 5.10 Å². The van der Waals surface area contributed by atoms with Gasteiger partial charge in [-0.25, -0.2) is 19.1 Å². The number of amides is 2. The zero-order valence-corrected chi connectivity index (χ0v) is 24.9. The maximum Gasteiger partial charge on any atom is 0.410 e. The zero-order valence-electron chi connectivity index (χ0n) is 24.9. The van der Waals surface area contributed by atoms with Gasteiger partial charge in [0.15, 0.2) is 5.69 Å². The van der Waals surface area contributed by atoms with Crippen molar-refractivity contribution in [2.24, 2.45) is 0 Å². The second-order valence-corrected chi connectivity index (χ2v) is 12.0. The molecule has 6 rings (SSSR count). The summed E-state index contributed by atoms with van der Waals surface area (Å²) in [4.78, 5) is 39.3. The summed E-state index contributed by atoms with van der Waals surface area (Å²) in [5.41, 5.74) is 6.34. The third-order valence-corrected chi connectivity index (χ3v) is 7.90. The topological polar surface area (TPSA) is 123 Å². The minimum atomic E-state index is -1.18. The van der Waals surface area contributed by atoms with Crippen LogP contribution >= 0.6 is 0 Å². The number of nitrogens with zero attached hydrogens (tertiary/aromatic N) is 3. The quantitative estimate of drug-likeness (QED) is 0.285. The minimum Gasteiger partial charge on any atom is -0.476 e. The summed E-state index contributed by atoms with van der Waals surface area (Å²) >= 11 is 0. The summed E-state index contributed by atoms with van der Waals surface area (Å²) in [6.07, 6.45) is -0.661. The van der Waals surface area contributed by atoms with E-state index < -0.39 is 23.8 Å². The standard InChI is InChI=1S/C34H34N4O6/c1-34(2,3)44-33(42)37-17-16-29-26(19-37)30(31(39)40)36-38(29)28-15-9-4-10-21(28)18-35-32(41)43-20-27-24-13-7-5-11-22(24)23-12-6-8-14-25(23)27/h4-15,27H,16-20H2,1-3H3,(H,35,41)(H,39,40). The predicted octanol–water partition coefficient (Wildman–Crippen LogP) is 5.90. The number of hydrogen-bond acceptors (Lipinski definition) is 6. The second-order valence-electron chi connectivity index (χ2n) is 12.0. The van der Waals surface area contributed by atoms with E-state index in [1.807, 2.05) is 48.5 Å². The van der Waals surface area contributed by atoms with Gasteiger partial charge in [-0.3, -0.25) is 0 Å². The fourth-order valence-electron chi connectivity index (χ4n) is 5.96. The van der Waals surface area contributed by atoms with Gasteiger partial charge in [0, 0.05) is 31.0 Å². The van der Waals surface area contributed by atoms with E-state index in [1.165, 1.54) is 4.90 Å². The van der Waals surface area contributed by atoms with Gasteiger partial charge >= 0.3 is 18.2 Å². The van der Waals surface area contributed by atoms with Gasteiger partial charge < -0.3 is 24.8 Å². The highest BCUT2D eigenvalue weighted by molar-refractivity contribution is 5.88. The maximum absolute atomic E-state index is 12.9. The molecule has 1 aromatic heterocycles. The van der Waals surface area contributed by atoms with Crippen molar-refractivity contribution in [3.63, 3.8) is 0 Å². The van der Waals surface area contributed by atoms with Crippen molar-refractivity contribution in [1.82, 2.24) is 20.0 Å². The fraction of sp³-hybridized carbons (Fsp3) is 0.294. The molecule has 0 unspecified atom stereocenters. The number of carbonyl (C=O) groups is 3. The van der Waals surface area contributed by atoms with Crippen LogP contribution in [0, 0.1) is 0 Å². The van der Waals surface area contributed by atoms with E-state index in [0.29, 0.717) is 29.9 Å². The second kappa shape index (κ2) is 11.5. The zero-order chi connectivity index (χ0) is 31.0. The van der Waals surface area contributed by atoms with Crippen LogP contribution in [0.2, 0.25) is 0 Å². The van der Waals surface area contributed by atoms with Gasteiger partial charge in [-0.05, 0) is 54.7 Å². The molecule has 2 aliphatic rings. The smallest absolute Gasteiger partial charge is 0.410 e. The molecule has 2 amide bonds. The Hall–Kier alpha value is -5.12. The van der Waals surface area contributed by atoms with Crippen molar-refractivity contribution in [1.29, 1.82) is 0 Å². The van der Waals surface area contributed by atoms with Gasteiger partial charge in [-0.15, -0.1) is 0 Å². The van der Waals surface area contributed by atoms with Gasteiger partial charge in [0.25, 0.3) is 0 Å². The molecule has 10 nitrogen and oxygen atoms in total. The van der Waals surface area contributed by atoms with Crippen LogP contribution < -0.4 is 5.32 Å². The number of carboxylic acids is 1. The Morgan fingerprint density at radius 3 is 2.25 bits per heavy atom. The number of aromatic carboxylic acids is 1. The average Bonchev–Trinajstić information content (AvgIpc) is 3.54. The number of fused-ring (bicyclic) bond motifs is 4. The summed E-state index contributed by atoms with van der Waals surface area (Å²) in [5, 5.41) is 17.2. The van der Waals surface area contributed by atoms with E-state index in [1.54, 1.807) is 25.5 Å². The molecule has 10 heteroatoms. The molecule has 0 bridgehead atoms. The molecule has 0 fully saturated rings. The summed E-state index contributed by atoms with van der Waals surface area (Å²) in [5.74, 6) is -1.23. The molecule has 0 atom stereocenters. The van der Waals surface area contributed by atoms with Crippen LogP contribution in [0.1, 0.15) is 65.1 Å². The molecule has 4 aromatic rings. The first-order chi connectivity index (χ1) is 21.1. The van der Waals surface area contributed by atoms with E-state index in [-0.39, 0.29) is 31.3 Å². The van der Waals surface area contributed by atoms with Crippen molar-refractivity contribution in [3.8, 4) is 16.8 Å². The van der Waals surface area contributed by atoms with E-state index in [2.05, 4.69) is 34.7 Å². The summed E-state index contributed by atoms with van der Waals surface area (Å²) in [6.45, 7) is 6.13. The Morgan fingerprint density at radius 1 is 0.955 bits per heavy atom. The van der Waals surface area contributed by atoms with E-state index in [0.717, 1.165) is 27.8 Å². The summed E-state index contributed by atoms with van der Waals surface area (Å²) in [6, 6.07) is 23.7. The fourth-order valence-corrected chi connectivity index (χ4v) is 5.96. The maximum atomic E-state index is 12.9. The van der Waals surface area contributed by atoms with Crippen molar-refractivity contribution in [3.05, 3.63) is 106 Å². The minimum absolute atomic E-state index is 0.0503. The number of ether oxygens (including phenoxy) is 2. The van der Waals surface area contributed by atoms with E-state index >= 15 is 0 Å². The largest absolute Gasteiger partial charge is 0.476 e. The van der Waals surface area contributed by atoms with Crippen molar-refractivity contribution >= 4 is 18.2 Å². The number of carboxylic acid groups (broad SMARTS) is 1. The van der Waals surface area contributed by atoms with Gasteiger partial charge in [0.2, 0.25) is 0 Å². The highest BCUT2D eigenvalue weighted by atomic mass is 16.6. The number of hydrogen-bond donors (Lipinski definition) is 2. The molecule has 0 spiro atoms. The summed E-state index contributed by atoms with van der Waals surface area (Å²) in [7, 11) is 0. The van der Waals surface area contributed by atoms with Crippen LogP contribution in [0.3, 0.4) is 0 Å². The lowest BCUT2D eigenvalue weighted by Crippen LogP contribution is -2.40. The first kappa shape index (κ1) is 29.0. The third-order valence-electron chi connectivity index (χ3n) is 7.90. The molecular weight excluding hydrogens is 560 g/mol. The summed E-state index contributed by atoms with van der Waals surface area (Å²) < 4.78 is 12.8. The van der Waals surface area contributed by atoms with Gasteiger partial charge in [0.1, 0.15) is 12.2 Å². The lowest BCUT2D eigenvalue weighted by Gasteiger charge is -2.30. The van der Waals surface area contributed by atoms with Gasteiger partial charge in [0.05, 0.1) is 17.9 Å². The van der Waals surface area contributed by atoms with E-state index in [9.17, 15) is 19.5 Å². The van der Waals surface area contributed by atoms with Crippen molar-refractivity contribution in [2.45, 2.75) is 51.8 Å². The first-order valence-electron chi connectivity index (χ1n) is 14.6. The Morgan fingerprint density at radius 2 is 1.59 bits per heavy atom. The first-order valence-corrected chi connectivity index (χ1v) is 14.6. The Labute approximate surface area is 255 Å². The monoisotopic (exact) mass is 594 g/mol. The van der Waals surface area contributed by atoms with E-state index in [4.69, 9.17) is 9.47 Å². The highest BCUT2D eigenvalue weighted by Crippen LogP contribution is 2.44. The number of aromatic nitrogens is 2. The number of rotatable bonds is 6. The Kier molecular flexibility index (Phi) is 7.59. The average molecular weight is 595 g/mol. The van der Waals surface area contributed by atoms with Crippen LogP contribution in [0.15, 0.2) is 72.8 Å². The van der Waals surface area contributed by atoms with Crippen molar-refractivity contribution < 1.29 is 29.0 Å². The lowest BCUT2D eigenvalue weighted by atomic mass is 9.98. The molecule has 2 N–H and O–H groups in total. The Balaban J connectivity index is 1.17. The predicted molar refractivity (Wildman–Crippen MR) is 163 cm³/mol. The molecule has 226 valence electrons. The number of alkyl carbamates (subject to hydrolysis) is 1. The Bertz CT molecular complexity index is 1710. The SMILES string of the molecule is CC(C)(C)OC(=O)N1CCc2c(c(C(=O)O)nn2-c2ccccc2CNC(=O)OCC2c3ccccc3-c3ccccc32)C1. The number of nitrogens with one attached hydrogen (secondary N) is 1. The van der Waals surface area contributed by atoms with Crippen LogP contribution in [0.5, 0.6) is 0 Å². The molecule has 0 radical (unpaired) electrons. The van der Waals surface area contributed by atoms with Crippen molar-refractivity contribution in [2.75, 3.05) is 13.2 Å². The number of carbonyl (C=O) groups excluding carboxylic acids is 2. The highest BCUT2D eigenvalue weighted by Gasteiger charge is 2.33. The lowest BCUT2D eigenvalue weighted by molar-refractivity contribution is 0.0220.